The highest BCUT2D eigenvalue weighted by molar-refractivity contribution is 5.20. The molecule has 1 aromatic carbocycles. The molecule has 0 saturated heterocycles. The van der Waals surface area contributed by atoms with Crippen LogP contribution in [0.3, 0.4) is 0 Å². The summed E-state index contributed by atoms with van der Waals surface area (Å²) in [6.07, 6.45) is 5.16. The van der Waals surface area contributed by atoms with Gasteiger partial charge in [-0.2, -0.15) is 0 Å². The van der Waals surface area contributed by atoms with E-state index in [1.807, 2.05) is 6.92 Å². The van der Waals surface area contributed by atoms with Gasteiger partial charge in [-0.15, -0.1) is 0 Å². The number of halogens is 2. The van der Waals surface area contributed by atoms with Crippen LogP contribution in [0.5, 0.6) is 0 Å². The predicted octanol–water partition coefficient (Wildman–Crippen LogP) is 4.44. The fourth-order valence-corrected chi connectivity index (χ4v) is 3.03. The van der Waals surface area contributed by atoms with Crippen molar-refractivity contribution in [3.8, 4) is 0 Å². The van der Waals surface area contributed by atoms with Crippen LogP contribution in [0.4, 0.5) is 8.78 Å². The summed E-state index contributed by atoms with van der Waals surface area (Å²) >= 11 is 0. The lowest BCUT2D eigenvalue weighted by Gasteiger charge is -2.28. The van der Waals surface area contributed by atoms with E-state index in [2.05, 4.69) is 12.2 Å². The van der Waals surface area contributed by atoms with E-state index in [1.165, 1.54) is 37.8 Å². The summed E-state index contributed by atoms with van der Waals surface area (Å²) in [6, 6.07) is 3.72. The van der Waals surface area contributed by atoms with Gasteiger partial charge < -0.3 is 5.32 Å². The third-order valence-electron chi connectivity index (χ3n) is 4.14. The van der Waals surface area contributed by atoms with E-state index in [1.54, 1.807) is 0 Å². The first-order valence-corrected chi connectivity index (χ1v) is 7.24. The van der Waals surface area contributed by atoms with Crippen molar-refractivity contribution < 1.29 is 8.78 Å². The third kappa shape index (κ3) is 4.27. The summed E-state index contributed by atoms with van der Waals surface area (Å²) in [5, 5.41) is 3.41. The monoisotopic (exact) mass is 267 g/mol. The van der Waals surface area contributed by atoms with E-state index in [4.69, 9.17) is 0 Å². The Morgan fingerprint density at radius 2 is 1.89 bits per heavy atom. The molecule has 3 atom stereocenters. The summed E-state index contributed by atoms with van der Waals surface area (Å²) in [7, 11) is 0. The number of rotatable bonds is 4. The minimum Gasteiger partial charge on any atom is -0.310 e. The van der Waals surface area contributed by atoms with Crippen molar-refractivity contribution in [3.63, 3.8) is 0 Å². The lowest BCUT2D eigenvalue weighted by Crippen LogP contribution is -2.28. The molecule has 1 N–H and O–H groups in total. The van der Waals surface area contributed by atoms with Crippen LogP contribution in [0.2, 0.25) is 0 Å². The molecule has 1 aliphatic carbocycles. The van der Waals surface area contributed by atoms with Gasteiger partial charge in [-0.25, -0.2) is 8.78 Å². The first-order valence-electron chi connectivity index (χ1n) is 7.24. The Balaban J connectivity index is 1.88. The minimum absolute atomic E-state index is 0.0116. The summed E-state index contributed by atoms with van der Waals surface area (Å²) in [5.74, 6) is 0.497. The second kappa shape index (κ2) is 6.47. The van der Waals surface area contributed by atoms with Gasteiger partial charge in [-0.3, -0.25) is 0 Å². The molecule has 1 saturated carbocycles. The van der Waals surface area contributed by atoms with Crippen molar-refractivity contribution >= 4 is 0 Å². The Morgan fingerprint density at radius 1 is 1.21 bits per heavy atom. The van der Waals surface area contributed by atoms with Crippen LogP contribution in [-0.2, 0) is 0 Å². The summed E-state index contributed by atoms with van der Waals surface area (Å²) < 4.78 is 26.3. The summed E-state index contributed by atoms with van der Waals surface area (Å²) in [4.78, 5) is 0. The molecule has 19 heavy (non-hydrogen) atoms. The molecule has 0 aliphatic heterocycles. The van der Waals surface area contributed by atoms with Gasteiger partial charge in [-0.05, 0) is 55.8 Å². The van der Waals surface area contributed by atoms with E-state index in [9.17, 15) is 8.78 Å². The standard InChI is InChI=1S/C16H23F2N/c1-11-4-3-5-13(6-11)10-19-12(2)14-7-15(17)9-16(18)8-14/h7-9,11-13,19H,3-6,10H2,1-2H3. The minimum atomic E-state index is -0.505. The van der Waals surface area contributed by atoms with Crippen molar-refractivity contribution in [2.75, 3.05) is 6.54 Å². The SMILES string of the molecule is CC1CCCC(CNC(C)c2cc(F)cc(F)c2)C1. The van der Waals surface area contributed by atoms with E-state index < -0.39 is 11.6 Å². The Morgan fingerprint density at radius 3 is 2.53 bits per heavy atom. The third-order valence-corrected chi connectivity index (χ3v) is 4.14. The average molecular weight is 267 g/mol. The van der Waals surface area contributed by atoms with E-state index in [0.717, 1.165) is 18.5 Å². The highest BCUT2D eigenvalue weighted by atomic mass is 19.1. The number of hydrogen-bond acceptors (Lipinski definition) is 1. The number of benzene rings is 1. The largest absolute Gasteiger partial charge is 0.310 e. The maximum Gasteiger partial charge on any atom is 0.126 e. The molecule has 0 spiro atoms. The molecule has 0 bridgehead atoms. The van der Waals surface area contributed by atoms with Gasteiger partial charge in [0, 0.05) is 12.1 Å². The first-order chi connectivity index (χ1) is 9.04. The second-order valence-corrected chi connectivity index (χ2v) is 5.97. The van der Waals surface area contributed by atoms with Crippen LogP contribution < -0.4 is 5.32 Å². The Kier molecular flexibility index (Phi) is 4.92. The van der Waals surface area contributed by atoms with E-state index in [0.29, 0.717) is 11.5 Å². The molecule has 0 heterocycles. The molecule has 3 heteroatoms. The lowest BCUT2D eigenvalue weighted by atomic mass is 9.82. The van der Waals surface area contributed by atoms with Gasteiger partial charge in [0.05, 0.1) is 0 Å². The summed E-state index contributed by atoms with van der Waals surface area (Å²) in [5.41, 5.74) is 0.682. The van der Waals surface area contributed by atoms with Gasteiger partial charge in [0.15, 0.2) is 0 Å². The molecule has 0 radical (unpaired) electrons. The predicted molar refractivity (Wildman–Crippen MR) is 73.9 cm³/mol. The van der Waals surface area contributed by atoms with Crippen molar-refractivity contribution in [1.29, 1.82) is 0 Å². The maximum absolute atomic E-state index is 13.2. The number of hydrogen-bond donors (Lipinski definition) is 1. The van der Waals surface area contributed by atoms with Crippen molar-refractivity contribution in [3.05, 3.63) is 35.4 Å². The van der Waals surface area contributed by atoms with E-state index >= 15 is 0 Å². The molecule has 1 nitrogen and oxygen atoms in total. The molecule has 2 rings (SSSR count). The lowest BCUT2D eigenvalue weighted by molar-refractivity contribution is 0.268. The van der Waals surface area contributed by atoms with Crippen LogP contribution in [0, 0.1) is 23.5 Å². The van der Waals surface area contributed by atoms with Crippen LogP contribution >= 0.6 is 0 Å². The van der Waals surface area contributed by atoms with Gasteiger partial charge in [0.25, 0.3) is 0 Å². The molecular weight excluding hydrogens is 244 g/mol. The Labute approximate surface area is 114 Å². The van der Waals surface area contributed by atoms with Gasteiger partial charge in [0.2, 0.25) is 0 Å². The molecule has 1 aliphatic rings. The van der Waals surface area contributed by atoms with Crippen LogP contribution in [0.15, 0.2) is 18.2 Å². The van der Waals surface area contributed by atoms with Crippen molar-refractivity contribution in [2.24, 2.45) is 11.8 Å². The Hall–Kier alpha value is -0.960. The smallest absolute Gasteiger partial charge is 0.126 e. The highest BCUT2D eigenvalue weighted by Gasteiger charge is 2.19. The van der Waals surface area contributed by atoms with E-state index in [-0.39, 0.29) is 6.04 Å². The zero-order chi connectivity index (χ0) is 13.8. The van der Waals surface area contributed by atoms with Crippen LogP contribution in [0.25, 0.3) is 0 Å². The van der Waals surface area contributed by atoms with Gasteiger partial charge in [0.1, 0.15) is 11.6 Å². The second-order valence-electron chi connectivity index (χ2n) is 5.97. The quantitative estimate of drug-likeness (QED) is 0.850. The normalized spacial score (nSPS) is 25.3. The molecular formula is C16H23F2N. The van der Waals surface area contributed by atoms with Crippen molar-refractivity contribution in [1.82, 2.24) is 5.32 Å². The molecule has 0 amide bonds. The van der Waals surface area contributed by atoms with Gasteiger partial charge in [-0.1, -0.05) is 19.8 Å². The van der Waals surface area contributed by atoms with Crippen molar-refractivity contribution in [2.45, 2.75) is 45.6 Å². The molecule has 3 unspecified atom stereocenters. The van der Waals surface area contributed by atoms with Crippen LogP contribution in [0.1, 0.15) is 51.1 Å². The fraction of sp³-hybridized carbons (Fsp3) is 0.625. The topological polar surface area (TPSA) is 12.0 Å². The summed E-state index contributed by atoms with van der Waals surface area (Å²) in [6.45, 7) is 5.20. The fourth-order valence-electron chi connectivity index (χ4n) is 3.03. The van der Waals surface area contributed by atoms with Crippen LogP contribution in [-0.4, -0.2) is 6.54 Å². The molecule has 1 aromatic rings. The van der Waals surface area contributed by atoms with Gasteiger partial charge >= 0.3 is 0 Å². The first kappa shape index (κ1) is 14.4. The Bertz CT molecular complexity index is 399. The molecule has 1 fully saturated rings. The highest BCUT2D eigenvalue weighted by Crippen LogP contribution is 2.28. The zero-order valence-electron chi connectivity index (χ0n) is 11.8. The molecule has 0 aromatic heterocycles. The average Bonchev–Trinajstić information content (AvgIpc) is 2.35. The molecule has 106 valence electrons. The maximum atomic E-state index is 13.2. The number of nitrogens with one attached hydrogen (secondary N) is 1. The zero-order valence-corrected chi connectivity index (χ0v) is 11.8.